The third kappa shape index (κ3) is 4.51. The number of aliphatic hydroxyl groups is 1. The van der Waals surface area contributed by atoms with E-state index in [1.165, 1.54) is 11.1 Å². The summed E-state index contributed by atoms with van der Waals surface area (Å²) >= 11 is 0. The number of halogens is 3. The van der Waals surface area contributed by atoms with Crippen LogP contribution in [0.3, 0.4) is 0 Å². The van der Waals surface area contributed by atoms with Crippen molar-refractivity contribution in [1.82, 2.24) is 14.7 Å². The average Bonchev–Trinajstić information content (AvgIpc) is 3.17. The molecule has 1 aromatic heterocycles. The summed E-state index contributed by atoms with van der Waals surface area (Å²) in [4.78, 5) is 13.9. The summed E-state index contributed by atoms with van der Waals surface area (Å²) in [6.07, 6.45) is 3.21. The van der Waals surface area contributed by atoms with E-state index in [1.807, 2.05) is 13.8 Å². The van der Waals surface area contributed by atoms with Crippen molar-refractivity contribution in [2.24, 2.45) is 0 Å². The summed E-state index contributed by atoms with van der Waals surface area (Å²) < 4.78 is 46.1. The van der Waals surface area contributed by atoms with Gasteiger partial charge in [-0.1, -0.05) is 6.58 Å². The highest BCUT2D eigenvalue weighted by Gasteiger charge is 2.41. The van der Waals surface area contributed by atoms with E-state index in [1.54, 1.807) is 10.9 Å². The fraction of sp³-hybridized carbons (Fsp3) is 0.429. The second-order valence-electron chi connectivity index (χ2n) is 7.69. The second kappa shape index (κ2) is 8.51. The molecular formula is C21H25F3N4O2. The predicted molar refractivity (Wildman–Crippen MR) is 107 cm³/mol. The number of anilines is 1. The smallest absolute Gasteiger partial charge is 0.314 e. The van der Waals surface area contributed by atoms with Crippen LogP contribution >= 0.6 is 0 Å². The van der Waals surface area contributed by atoms with Gasteiger partial charge in [0.1, 0.15) is 5.82 Å². The number of hydrogen-bond donors (Lipinski definition) is 2. The summed E-state index contributed by atoms with van der Waals surface area (Å²) in [5, 5.41) is 16.2. The Labute approximate surface area is 173 Å². The largest absolute Gasteiger partial charge is 0.393 e. The first-order chi connectivity index (χ1) is 14.1. The molecule has 1 saturated heterocycles. The van der Waals surface area contributed by atoms with Gasteiger partial charge in [-0.3, -0.25) is 9.48 Å². The van der Waals surface area contributed by atoms with Crippen LogP contribution < -0.4 is 5.32 Å². The molecule has 1 fully saturated rings. The molecule has 1 aromatic carbocycles. The van der Waals surface area contributed by atoms with E-state index in [9.17, 15) is 14.3 Å². The number of aromatic nitrogens is 2. The van der Waals surface area contributed by atoms with Gasteiger partial charge in [0.2, 0.25) is 0 Å². The quantitative estimate of drug-likeness (QED) is 0.741. The maximum Gasteiger partial charge on any atom is 0.314 e. The minimum Gasteiger partial charge on any atom is -0.393 e. The number of benzene rings is 1. The number of rotatable bonds is 6. The summed E-state index contributed by atoms with van der Waals surface area (Å²) in [6.45, 7) is 7.72. The lowest BCUT2D eigenvalue weighted by atomic mass is 9.99. The van der Waals surface area contributed by atoms with Crippen molar-refractivity contribution in [1.29, 1.82) is 0 Å². The third-order valence-electron chi connectivity index (χ3n) is 5.16. The lowest BCUT2D eigenvalue weighted by Gasteiger charge is -2.36. The molecule has 1 aliphatic rings. The first-order valence-corrected chi connectivity index (χ1v) is 9.75. The van der Waals surface area contributed by atoms with E-state index >= 15 is 8.78 Å². The van der Waals surface area contributed by atoms with Crippen molar-refractivity contribution in [2.75, 3.05) is 18.4 Å². The van der Waals surface area contributed by atoms with E-state index in [2.05, 4.69) is 17.0 Å². The minimum absolute atomic E-state index is 0.0914. The highest BCUT2D eigenvalue weighted by atomic mass is 19.3. The summed E-state index contributed by atoms with van der Waals surface area (Å²) in [5.74, 6) is -5.48. The Bertz CT molecular complexity index is 934. The monoisotopic (exact) mass is 422 g/mol. The van der Waals surface area contributed by atoms with Crippen LogP contribution in [-0.2, 0) is 5.92 Å². The summed E-state index contributed by atoms with van der Waals surface area (Å²) in [7, 11) is 0. The van der Waals surface area contributed by atoms with E-state index in [0.717, 1.165) is 18.2 Å². The molecule has 0 bridgehead atoms. The second-order valence-corrected chi connectivity index (χ2v) is 7.69. The molecule has 1 aliphatic heterocycles. The van der Waals surface area contributed by atoms with Gasteiger partial charge in [-0.05, 0) is 44.9 Å². The van der Waals surface area contributed by atoms with Crippen LogP contribution in [0, 0.1) is 5.82 Å². The Balaban J connectivity index is 1.81. The van der Waals surface area contributed by atoms with Gasteiger partial charge in [0.15, 0.2) is 0 Å². The highest BCUT2D eigenvalue weighted by Crippen LogP contribution is 2.39. The normalized spacial score (nSPS) is 15.5. The number of nitrogens with one attached hydrogen (secondary N) is 1. The molecule has 2 heterocycles. The fourth-order valence-electron chi connectivity index (χ4n) is 3.29. The number of carbonyl (C=O) groups is 1. The Kier molecular flexibility index (Phi) is 6.21. The minimum atomic E-state index is -3.70. The number of likely N-dealkylation sites (tertiary alicyclic amines) is 1. The maximum atomic E-state index is 15.1. The molecule has 9 heteroatoms. The average molecular weight is 422 g/mol. The van der Waals surface area contributed by atoms with Crippen LogP contribution in [-0.4, -0.2) is 44.9 Å². The van der Waals surface area contributed by atoms with Gasteiger partial charge >= 0.3 is 5.92 Å². The Morgan fingerprint density at radius 2 is 2.00 bits per heavy atom. The van der Waals surface area contributed by atoms with Crippen LogP contribution in [0.15, 0.2) is 42.9 Å². The molecule has 0 atom stereocenters. The molecule has 6 nitrogen and oxygen atoms in total. The predicted octanol–water partition coefficient (Wildman–Crippen LogP) is 3.92. The molecule has 30 heavy (non-hydrogen) atoms. The van der Waals surface area contributed by atoms with Gasteiger partial charge in [-0.25, -0.2) is 4.39 Å². The number of carbonyl (C=O) groups excluding carboxylic acids is 1. The van der Waals surface area contributed by atoms with Crippen molar-refractivity contribution in [3.63, 3.8) is 0 Å². The van der Waals surface area contributed by atoms with Crippen LogP contribution in [0.5, 0.6) is 0 Å². The molecule has 1 amide bonds. The lowest BCUT2D eigenvalue weighted by molar-refractivity contribution is -0.00882. The van der Waals surface area contributed by atoms with Gasteiger partial charge in [-0.15, -0.1) is 0 Å². The number of amides is 1. The zero-order valence-electron chi connectivity index (χ0n) is 16.9. The number of piperidine rings is 1. The number of aliphatic hydroxyl groups excluding tert-OH is 1. The molecule has 0 radical (unpaired) electrons. The van der Waals surface area contributed by atoms with E-state index in [0.29, 0.717) is 18.5 Å². The van der Waals surface area contributed by atoms with Crippen molar-refractivity contribution in [3.8, 4) is 0 Å². The summed E-state index contributed by atoms with van der Waals surface area (Å²) in [5.41, 5.74) is -1.17. The third-order valence-corrected chi connectivity index (χ3v) is 5.16. The lowest BCUT2D eigenvalue weighted by Crippen LogP contribution is -2.40. The zero-order valence-corrected chi connectivity index (χ0v) is 16.9. The van der Waals surface area contributed by atoms with Gasteiger partial charge in [-0.2, -0.15) is 13.9 Å². The van der Waals surface area contributed by atoms with Gasteiger partial charge in [0, 0.05) is 30.9 Å². The maximum absolute atomic E-state index is 15.1. The molecule has 0 unspecified atom stereocenters. The molecule has 2 N–H and O–H groups in total. The van der Waals surface area contributed by atoms with Crippen LogP contribution in [0.25, 0.3) is 0 Å². The highest BCUT2D eigenvalue weighted by molar-refractivity contribution is 6.04. The first kappa shape index (κ1) is 21.9. The molecule has 0 saturated carbocycles. The van der Waals surface area contributed by atoms with Crippen molar-refractivity contribution in [3.05, 3.63) is 59.8 Å². The molecule has 2 aromatic rings. The number of nitrogens with zero attached hydrogens (tertiary/aromatic N) is 3. The molecule has 3 rings (SSSR count). The van der Waals surface area contributed by atoms with Crippen molar-refractivity contribution >= 4 is 11.6 Å². The number of hydrogen-bond acceptors (Lipinski definition) is 4. The fourth-order valence-corrected chi connectivity index (χ4v) is 3.29. The molecular weight excluding hydrogens is 397 g/mol. The van der Waals surface area contributed by atoms with Crippen LogP contribution in [0.2, 0.25) is 0 Å². The van der Waals surface area contributed by atoms with Gasteiger partial charge in [0.05, 0.1) is 29.2 Å². The summed E-state index contributed by atoms with van der Waals surface area (Å²) in [6, 6.07) is 2.94. The van der Waals surface area contributed by atoms with Crippen LogP contribution in [0.1, 0.15) is 48.7 Å². The van der Waals surface area contributed by atoms with E-state index < -0.39 is 35.0 Å². The van der Waals surface area contributed by atoms with E-state index in [4.69, 9.17) is 0 Å². The van der Waals surface area contributed by atoms with E-state index in [-0.39, 0.29) is 24.7 Å². The Hall–Kier alpha value is -2.81. The molecule has 162 valence electrons. The molecule has 0 spiro atoms. The Morgan fingerprint density at radius 3 is 2.60 bits per heavy atom. The van der Waals surface area contributed by atoms with Crippen molar-refractivity contribution < 1.29 is 23.1 Å². The van der Waals surface area contributed by atoms with Gasteiger partial charge in [0.25, 0.3) is 5.91 Å². The number of alkyl halides is 2. The first-order valence-electron chi connectivity index (χ1n) is 9.75. The molecule has 0 aliphatic carbocycles. The Morgan fingerprint density at radius 1 is 1.33 bits per heavy atom. The van der Waals surface area contributed by atoms with Crippen molar-refractivity contribution in [2.45, 2.75) is 44.8 Å². The number of allylic oxidation sites excluding steroid dienone is 1. The SMILES string of the molecule is C=C(N1CCC(O)CC1)C(F)(F)c1cc(C(=O)Nc2cnn(C(C)C)c2)ccc1F. The standard InChI is InChI=1S/C21H25F3N4O2/c1-13(2)28-12-16(11-25-28)26-20(30)15-4-5-19(22)18(10-15)21(23,24)14(3)27-8-6-17(29)7-9-27/h4-5,10-13,17,29H,3,6-9H2,1-2H3,(H,26,30). The topological polar surface area (TPSA) is 70.4 Å². The van der Waals surface area contributed by atoms with Gasteiger partial charge < -0.3 is 15.3 Å². The zero-order chi connectivity index (χ0) is 22.1. The van der Waals surface area contributed by atoms with Crippen LogP contribution in [0.4, 0.5) is 18.9 Å².